The molecular weight excluding hydrogens is 390 g/mol. The fourth-order valence-electron chi connectivity index (χ4n) is 3.09. The number of sulfone groups is 1. The molecule has 2 rings (SSSR count). The molecule has 0 unspecified atom stereocenters. The molecule has 1 fully saturated rings. The van der Waals surface area contributed by atoms with Gasteiger partial charge in [-0.2, -0.15) is 0 Å². The van der Waals surface area contributed by atoms with Gasteiger partial charge in [0.25, 0.3) is 0 Å². The van der Waals surface area contributed by atoms with Crippen LogP contribution in [0.3, 0.4) is 0 Å². The quantitative estimate of drug-likeness (QED) is 0.467. The second-order valence-corrected chi connectivity index (χ2v) is 10.7. The Balaban J connectivity index is 2.17. The highest BCUT2D eigenvalue weighted by Crippen LogP contribution is 2.35. The van der Waals surface area contributed by atoms with Crippen molar-refractivity contribution >= 4 is 15.8 Å². The van der Waals surface area contributed by atoms with Crippen molar-refractivity contribution in [1.29, 1.82) is 0 Å². The van der Waals surface area contributed by atoms with Gasteiger partial charge in [-0.25, -0.2) is 13.4 Å². The number of guanidine groups is 1. The minimum Gasteiger partial charge on any atom is -0.493 e. The third-order valence-electron chi connectivity index (χ3n) is 5.30. The Morgan fingerprint density at radius 3 is 2.52 bits per heavy atom. The van der Waals surface area contributed by atoms with E-state index in [1.54, 1.807) is 21.0 Å². The van der Waals surface area contributed by atoms with Crippen LogP contribution in [0.5, 0.6) is 11.5 Å². The van der Waals surface area contributed by atoms with Crippen LogP contribution in [-0.2, 0) is 16.4 Å². The lowest BCUT2D eigenvalue weighted by Gasteiger charge is -2.24. The SMILES string of the molecule is CCNC(=NCc1cccc(OC)c1OC1CCCC1)NCC(C)(C)S(C)(=O)=O. The van der Waals surface area contributed by atoms with Crippen molar-refractivity contribution in [2.24, 2.45) is 4.99 Å². The summed E-state index contributed by atoms with van der Waals surface area (Å²) in [5.74, 6) is 2.03. The van der Waals surface area contributed by atoms with Crippen LogP contribution in [-0.4, -0.2) is 51.7 Å². The Kier molecular flexibility index (Phi) is 8.19. The number of hydrogen-bond acceptors (Lipinski definition) is 5. The van der Waals surface area contributed by atoms with E-state index in [1.165, 1.54) is 19.1 Å². The van der Waals surface area contributed by atoms with Gasteiger partial charge in [0.1, 0.15) is 0 Å². The largest absolute Gasteiger partial charge is 0.493 e. The first-order valence-electron chi connectivity index (χ1n) is 10.2. The first-order valence-corrected chi connectivity index (χ1v) is 12.1. The lowest BCUT2D eigenvalue weighted by molar-refractivity contribution is 0.198. The first-order chi connectivity index (χ1) is 13.7. The average Bonchev–Trinajstić information content (AvgIpc) is 3.17. The van der Waals surface area contributed by atoms with Crippen molar-refractivity contribution < 1.29 is 17.9 Å². The summed E-state index contributed by atoms with van der Waals surface area (Å²) in [5.41, 5.74) is 0.941. The topological polar surface area (TPSA) is 89.0 Å². The fraction of sp³-hybridized carbons (Fsp3) is 0.667. The van der Waals surface area contributed by atoms with Crippen LogP contribution in [0, 0.1) is 0 Å². The van der Waals surface area contributed by atoms with Crippen molar-refractivity contribution in [3.8, 4) is 11.5 Å². The maximum Gasteiger partial charge on any atom is 0.191 e. The highest BCUT2D eigenvalue weighted by Gasteiger charge is 2.30. The highest BCUT2D eigenvalue weighted by molar-refractivity contribution is 7.92. The van der Waals surface area contributed by atoms with Gasteiger partial charge in [0.15, 0.2) is 27.3 Å². The fourth-order valence-corrected chi connectivity index (χ4v) is 3.42. The van der Waals surface area contributed by atoms with Crippen molar-refractivity contribution in [3.05, 3.63) is 23.8 Å². The van der Waals surface area contributed by atoms with Gasteiger partial charge < -0.3 is 20.1 Å². The third kappa shape index (κ3) is 6.52. The van der Waals surface area contributed by atoms with Gasteiger partial charge in [0, 0.05) is 24.9 Å². The van der Waals surface area contributed by atoms with E-state index < -0.39 is 14.6 Å². The Hall–Kier alpha value is -1.96. The molecule has 1 aliphatic rings. The van der Waals surface area contributed by atoms with E-state index in [0.29, 0.717) is 24.8 Å². The number of hydrogen-bond donors (Lipinski definition) is 2. The molecule has 0 bridgehead atoms. The van der Waals surface area contributed by atoms with Crippen LogP contribution in [0.1, 0.15) is 52.0 Å². The van der Waals surface area contributed by atoms with Gasteiger partial charge in [-0.05, 0) is 52.5 Å². The van der Waals surface area contributed by atoms with Crippen molar-refractivity contribution in [2.75, 3.05) is 26.5 Å². The molecule has 0 aromatic heterocycles. The van der Waals surface area contributed by atoms with E-state index >= 15 is 0 Å². The summed E-state index contributed by atoms with van der Waals surface area (Å²) in [6, 6.07) is 5.81. The standard InChI is InChI=1S/C21H35N3O4S/c1-6-22-20(24-15-21(2,3)29(5,25)26)23-14-16-10-9-13-18(27-4)19(16)28-17-11-7-8-12-17/h9-10,13,17H,6-8,11-12,14-15H2,1-5H3,(H2,22,23,24). The molecule has 164 valence electrons. The number of aliphatic imine (C=N–C) groups is 1. The summed E-state index contributed by atoms with van der Waals surface area (Å²) < 4.78 is 34.8. The molecular formula is C21H35N3O4S. The van der Waals surface area contributed by atoms with Crippen molar-refractivity contribution in [1.82, 2.24) is 10.6 Å². The monoisotopic (exact) mass is 425 g/mol. The molecule has 0 aliphatic heterocycles. The predicted octanol–water partition coefficient (Wildman–Crippen LogP) is 2.89. The van der Waals surface area contributed by atoms with Crippen LogP contribution >= 0.6 is 0 Å². The number of rotatable bonds is 9. The van der Waals surface area contributed by atoms with E-state index in [1.807, 2.05) is 25.1 Å². The van der Waals surface area contributed by atoms with Crippen molar-refractivity contribution in [2.45, 2.75) is 63.9 Å². The Labute approximate surface area is 175 Å². The average molecular weight is 426 g/mol. The number of nitrogens with one attached hydrogen (secondary N) is 2. The van der Waals surface area contributed by atoms with Gasteiger partial charge in [-0.15, -0.1) is 0 Å². The molecule has 29 heavy (non-hydrogen) atoms. The zero-order chi connectivity index (χ0) is 21.5. The minimum atomic E-state index is -3.19. The normalized spacial score (nSPS) is 16.0. The number of para-hydroxylation sites is 1. The number of benzene rings is 1. The van der Waals surface area contributed by atoms with Gasteiger partial charge in [-0.1, -0.05) is 12.1 Å². The molecule has 1 saturated carbocycles. The lowest BCUT2D eigenvalue weighted by Crippen LogP contribution is -2.47. The Morgan fingerprint density at radius 1 is 1.24 bits per heavy atom. The first kappa shape index (κ1) is 23.3. The van der Waals surface area contributed by atoms with Crippen LogP contribution in [0.4, 0.5) is 0 Å². The molecule has 1 aromatic carbocycles. The van der Waals surface area contributed by atoms with Crippen LogP contribution in [0.25, 0.3) is 0 Å². The molecule has 0 spiro atoms. The number of methoxy groups -OCH3 is 1. The molecule has 1 aromatic rings. The number of ether oxygens (including phenoxy) is 2. The van der Waals surface area contributed by atoms with Crippen LogP contribution < -0.4 is 20.1 Å². The van der Waals surface area contributed by atoms with Gasteiger partial charge in [0.2, 0.25) is 0 Å². The zero-order valence-corrected chi connectivity index (χ0v) is 19.1. The molecule has 0 amide bonds. The maximum absolute atomic E-state index is 12.0. The number of nitrogens with zero attached hydrogens (tertiary/aromatic N) is 1. The second kappa shape index (κ2) is 10.2. The molecule has 0 radical (unpaired) electrons. The Morgan fingerprint density at radius 2 is 1.93 bits per heavy atom. The predicted molar refractivity (Wildman–Crippen MR) is 118 cm³/mol. The molecule has 8 heteroatoms. The van der Waals surface area contributed by atoms with E-state index in [0.717, 1.165) is 24.2 Å². The minimum absolute atomic E-state index is 0.218. The molecule has 1 aliphatic carbocycles. The molecule has 0 atom stereocenters. The highest BCUT2D eigenvalue weighted by atomic mass is 32.2. The second-order valence-electron chi connectivity index (χ2n) is 8.05. The third-order valence-corrected chi connectivity index (χ3v) is 7.46. The summed E-state index contributed by atoms with van der Waals surface area (Å²) in [6.45, 7) is 6.71. The lowest BCUT2D eigenvalue weighted by atomic mass is 10.1. The van der Waals surface area contributed by atoms with E-state index in [-0.39, 0.29) is 12.6 Å². The van der Waals surface area contributed by atoms with E-state index in [2.05, 4.69) is 15.6 Å². The smallest absolute Gasteiger partial charge is 0.191 e. The molecule has 2 N–H and O–H groups in total. The van der Waals surface area contributed by atoms with Gasteiger partial charge in [-0.3, -0.25) is 0 Å². The maximum atomic E-state index is 12.0. The van der Waals surface area contributed by atoms with Crippen LogP contribution in [0.2, 0.25) is 0 Å². The summed E-state index contributed by atoms with van der Waals surface area (Å²) in [6.07, 6.45) is 5.98. The summed E-state index contributed by atoms with van der Waals surface area (Å²) in [5, 5.41) is 6.32. The van der Waals surface area contributed by atoms with Crippen molar-refractivity contribution in [3.63, 3.8) is 0 Å². The Bertz CT molecular complexity index is 800. The summed E-state index contributed by atoms with van der Waals surface area (Å²) in [7, 11) is -1.55. The van der Waals surface area contributed by atoms with Crippen LogP contribution in [0.15, 0.2) is 23.2 Å². The molecule has 0 saturated heterocycles. The zero-order valence-electron chi connectivity index (χ0n) is 18.2. The summed E-state index contributed by atoms with van der Waals surface area (Å²) in [4.78, 5) is 4.64. The molecule has 7 nitrogen and oxygen atoms in total. The molecule has 0 heterocycles. The summed E-state index contributed by atoms with van der Waals surface area (Å²) >= 11 is 0. The van der Waals surface area contributed by atoms with Gasteiger partial charge in [0.05, 0.1) is 24.5 Å². The van der Waals surface area contributed by atoms with E-state index in [9.17, 15) is 8.42 Å². The van der Waals surface area contributed by atoms with E-state index in [4.69, 9.17) is 9.47 Å². The van der Waals surface area contributed by atoms with Gasteiger partial charge >= 0.3 is 0 Å².